The molecule has 2 aliphatic heterocycles. The topological polar surface area (TPSA) is 79.0 Å². The van der Waals surface area contributed by atoms with E-state index in [0.717, 1.165) is 49.9 Å². The van der Waals surface area contributed by atoms with Crippen molar-refractivity contribution in [1.82, 2.24) is 9.80 Å². The second-order valence-corrected chi connectivity index (χ2v) is 13.9. The highest BCUT2D eigenvalue weighted by Gasteiger charge is 2.50. The number of benzene rings is 2. The first kappa shape index (κ1) is 29.9. The predicted molar refractivity (Wildman–Crippen MR) is 172 cm³/mol. The third kappa shape index (κ3) is 6.84. The zero-order valence-electron chi connectivity index (χ0n) is 25.8. The van der Waals surface area contributed by atoms with E-state index < -0.39 is 5.54 Å². The molecule has 2 aromatic rings. The normalized spacial score (nSPS) is 23.2. The first-order valence-corrected chi connectivity index (χ1v) is 17.1. The van der Waals surface area contributed by atoms with Crippen LogP contribution in [0.5, 0.6) is 0 Å². The number of amides is 2. The van der Waals surface area contributed by atoms with Gasteiger partial charge in [0, 0.05) is 19.6 Å². The number of rotatable bonds is 10. The molecule has 3 fully saturated rings. The van der Waals surface area contributed by atoms with Gasteiger partial charge in [0.05, 0.1) is 5.92 Å². The molecule has 2 aliphatic carbocycles. The molecule has 6 rings (SSSR count). The van der Waals surface area contributed by atoms with Crippen LogP contribution in [0.25, 0.3) is 0 Å². The maximum Gasteiger partial charge on any atom is 0.257 e. The first-order chi connectivity index (χ1) is 21.0. The molecule has 1 saturated heterocycles. The fourth-order valence-electron chi connectivity index (χ4n) is 8.52. The smallest absolute Gasteiger partial charge is 0.257 e. The van der Waals surface area contributed by atoms with E-state index in [9.17, 15) is 9.59 Å². The fraction of sp³-hybridized carbons (Fsp3) is 0.595. The lowest BCUT2D eigenvalue weighted by Crippen LogP contribution is -2.47. The van der Waals surface area contributed by atoms with E-state index in [0.29, 0.717) is 30.3 Å². The third-order valence-corrected chi connectivity index (χ3v) is 10.8. The number of carbonyl (C=O) groups excluding carboxylic acids is 2. The number of aliphatic imine (C=N–C) groups is 1. The lowest BCUT2D eigenvalue weighted by Gasteiger charge is -2.35. The van der Waals surface area contributed by atoms with E-state index in [4.69, 9.17) is 10.7 Å². The van der Waals surface area contributed by atoms with E-state index in [1.54, 1.807) is 0 Å². The number of hydrogen-bond acceptors (Lipinski definition) is 4. The van der Waals surface area contributed by atoms with Crippen molar-refractivity contribution in [2.45, 2.75) is 101 Å². The minimum absolute atomic E-state index is 0.153. The lowest BCUT2D eigenvalue weighted by molar-refractivity contribution is -0.133. The SMILES string of the molecule is NC1=NC(CC2CCCCC2)(CC2CCCCC2)C(=O)N1CCC1CCN(C(=O)C(c2ccccc2)c2ccccc2)C1. The van der Waals surface area contributed by atoms with Crippen molar-refractivity contribution in [2.24, 2.45) is 28.5 Å². The van der Waals surface area contributed by atoms with Crippen molar-refractivity contribution in [2.75, 3.05) is 19.6 Å². The van der Waals surface area contributed by atoms with Crippen molar-refractivity contribution < 1.29 is 9.59 Å². The number of guanidine groups is 1. The molecular weight excluding hydrogens is 532 g/mol. The fourth-order valence-corrected chi connectivity index (χ4v) is 8.52. The Morgan fingerprint density at radius 2 is 1.33 bits per heavy atom. The highest BCUT2D eigenvalue weighted by molar-refractivity contribution is 6.06. The van der Waals surface area contributed by atoms with Gasteiger partial charge in [-0.25, -0.2) is 4.99 Å². The molecule has 2 heterocycles. The number of nitrogens with two attached hydrogens (primary N) is 1. The van der Waals surface area contributed by atoms with Crippen LogP contribution in [0.4, 0.5) is 0 Å². The zero-order chi connectivity index (χ0) is 29.6. The Kier molecular flexibility index (Phi) is 9.49. The van der Waals surface area contributed by atoms with Gasteiger partial charge in [-0.2, -0.15) is 0 Å². The van der Waals surface area contributed by atoms with Crippen molar-refractivity contribution in [3.8, 4) is 0 Å². The van der Waals surface area contributed by atoms with E-state index in [2.05, 4.69) is 24.3 Å². The maximum atomic E-state index is 14.2. The Bertz CT molecular complexity index is 1190. The summed E-state index contributed by atoms with van der Waals surface area (Å²) in [6, 6.07) is 20.2. The average Bonchev–Trinajstić information content (AvgIpc) is 3.60. The summed E-state index contributed by atoms with van der Waals surface area (Å²) in [5, 5.41) is 0. The summed E-state index contributed by atoms with van der Waals surface area (Å²) in [5.74, 6) is 1.95. The first-order valence-electron chi connectivity index (χ1n) is 17.1. The molecule has 0 spiro atoms. The van der Waals surface area contributed by atoms with E-state index in [1.807, 2.05) is 46.2 Å². The van der Waals surface area contributed by atoms with Crippen LogP contribution in [-0.4, -0.2) is 52.7 Å². The molecule has 4 aliphatic rings. The summed E-state index contributed by atoms with van der Waals surface area (Å²) in [5.41, 5.74) is 7.97. The Labute approximate surface area is 258 Å². The van der Waals surface area contributed by atoms with Crippen LogP contribution in [0.2, 0.25) is 0 Å². The molecule has 0 radical (unpaired) electrons. The number of hydrogen-bond donors (Lipinski definition) is 1. The molecule has 0 aromatic heterocycles. The van der Waals surface area contributed by atoms with Gasteiger partial charge >= 0.3 is 0 Å². The number of carbonyl (C=O) groups is 2. The van der Waals surface area contributed by atoms with Crippen LogP contribution in [0.3, 0.4) is 0 Å². The molecule has 230 valence electrons. The van der Waals surface area contributed by atoms with Gasteiger partial charge in [0.25, 0.3) is 5.91 Å². The standard InChI is InChI=1S/C37H50N4O2/c38-36-39-37(25-28-13-5-1-6-14-28,26-29-15-7-2-8-16-29)35(43)41(36)24-22-30-21-23-40(27-30)34(42)33(31-17-9-3-10-18-31)32-19-11-4-12-20-32/h3-4,9-12,17-20,28-30,33H,1-2,5-8,13-16,21-27H2,(H2,38,39). The van der Waals surface area contributed by atoms with Gasteiger partial charge < -0.3 is 10.6 Å². The van der Waals surface area contributed by atoms with Crippen molar-refractivity contribution in [3.63, 3.8) is 0 Å². The quantitative estimate of drug-likeness (QED) is 0.331. The zero-order valence-corrected chi connectivity index (χ0v) is 25.8. The van der Waals surface area contributed by atoms with E-state index in [-0.39, 0.29) is 17.7 Å². The van der Waals surface area contributed by atoms with Crippen LogP contribution in [-0.2, 0) is 9.59 Å². The van der Waals surface area contributed by atoms with Gasteiger partial charge in [0.2, 0.25) is 5.91 Å². The van der Waals surface area contributed by atoms with E-state index >= 15 is 0 Å². The van der Waals surface area contributed by atoms with Gasteiger partial charge in [-0.3, -0.25) is 14.5 Å². The van der Waals surface area contributed by atoms with Gasteiger partial charge in [0.1, 0.15) is 5.54 Å². The largest absolute Gasteiger partial charge is 0.369 e. The molecule has 0 bridgehead atoms. The van der Waals surface area contributed by atoms with Crippen molar-refractivity contribution in [3.05, 3.63) is 71.8 Å². The summed E-state index contributed by atoms with van der Waals surface area (Å²) < 4.78 is 0. The molecule has 6 nitrogen and oxygen atoms in total. The second kappa shape index (κ2) is 13.7. The minimum Gasteiger partial charge on any atom is -0.369 e. The van der Waals surface area contributed by atoms with Gasteiger partial charge in [-0.15, -0.1) is 0 Å². The summed E-state index contributed by atoms with van der Waals surface area (Å²) in [7, 11) is 0. The molecule has 1 atom stereocenters. The van der Waals surface area contributed by atoms with Crippen LogP contribution in [0.1, 0.15) is 107 Å². The third-order valence-electron chi connectivity index (χ3n) is 10.8. The molecule has 43 heavy (non-hydrogen) atoms. The summed E-state index contributed by atoms with van der Waals surface area (Å²) >= 11 is 0. The Hall–Kier alpha value is -3.15. The van der Waals surface area contributed by atoms with Crippen LogP contribution < -0.4 is 5.73 Å². The Balaban J connectivity index is 1.10. The maximum absolute atomic E-state index is 14.2. The summed E-state index contributed by atoms with van der Waals surface area (Å²) in [6.07, 6.45) is 16.1. The molecular formula is C37H50N4O2. The lowest BCUT2D eigenvalue weighted by atomic mass is 9.73. The highest BCUT2D eigenvalue weighted by atomic mass is 16.2. The van der Waals surface area contributed by atoms with Crippen molar-refractivity contribution in [1.29, 1.82) is 0 Å². The van der Waals surface area contributed by atoms with Crippen molar-refractivity contribution >= 4 is 17.8 Å². The molecule has 2 amide bonds. The Morgan fingerprint density at radius 1 is 0.791 bits per heavy atom. The van der Waals surface area contributed by atoms with Gasteiger partial charge in [0.15, 0.2) is 5.96 Å². The van der Waals surface area contributed by atoms with Gasteiger partial charge in [-0.1, -0.05) is 125 Å². The average molecular weight is 583 g/mol. The number of nitrogens with zero attached hydrogens (tertiary/aromatic N) is 3. The monoisotopic (exact) mass is 582 g/mol. The van der Waals surface area contributed by atoms with Crippen LogP contribution in [0.15, 0.2) is 65.7 Å². The Morgan fingerprint density at radius 3 is 1.86 bits per heavy atom. The number of likely N-dealkylation sites (tertiary alicyclic amines) is 1. The molecule has 2 N–H and O–H groups in total. The summed E-state index contributed by atoms with van der Waals surface area (Å²) in [6.45, 7) is 2.08. The second-order valence-electron chi connectivity index (χ2n) is 13.9. The molecule has 6 heteroatoms. The van der Waals surface area contributed by atoms with Crippen LogP contribution >= 0.6 is 0 Å². The molecule has 2 aromatic carbocycles. The summed E-state index contributed by atoms with van der Waals surface area (Å²) in [4.78, 5) is 37.1. The van der Waals surface area contributed by atoms with E-state index in [1.165, 1.54) is 64.2 Å². The minimum atomic E-state index is -0.662. The molecule has 1 unspecified atom stereocenters. The highest BCUT2D eigenvalue weighted by Crippen LogP contribution is 2.42. The van der Waals surface area contributed by atoms with Gasteiger partial charge in [-0.05, 0) is 54.6 Å². The predicted octanol–water partition coefficient (Wildman–Crippen LogP) is 6.89. The molecule has 2 saturated carbocycles. The van der Waals surface area contributed by atoms with Crippen LogP contribution in [0, 0.1) is 17.8 Å².